The van der Waals surface area contributed by atoms with E-state index in [0.29, 0.717) is 30.9 Å². The Bertz CT molecular complexity index is 1160. The van der Waals surface area contributed by atoms with Crippen LogP contribution in [0.5, 0.6) is 11.5 Å². The Balaban J connectivity index is 1.75. The summed E-state index contributed by atoms with van der Waals surface area (Å²) in [4.78, 5) is 17.0. The molecule has 3 rings (SSSR count). The van der Waals surface area contributed by atoms with Gasteiger partial charge in [0, 0.05) is 0 Å². The molecule has 1 atom stereocenters. The number of amides is 1. The lowest BCUT2D eigenvalue weighted by Gasteiger charge is -2.23. The molecule has 0 aromatic heterocycles. The van der Waals surface area contributed by atoms with Gasteiger partial charge in [-0.05, 0) is 68.6 Å². The molecule has 1 amide bonds. The van der Waals surface area contributed by atoms with Crippen LogP contribution in [0.25, 0.3) is 0 Å². The number of carbonyl (C=O) groups is 1. The van der Waals surface area contributed by atoms with Gasteiger partial charge < -0.3 is 10.5 Å². The zero-order chi connectivity index (χ0) is 25.3. The second kappa shape index (κ2) is 12.3. The van der Waals surface area contributed by atoms with Crippen molar-refractivity contribution in [3.8, 4) is 17.7 Å². The summed E-state index contributed by atoms with van der Waals surface area (Å²) in [6, 6.07) is 13.3. The second-order valence-corrected chi connectivity index (χ2v) is 9.63. The summed E-state index contributed by atoms with van der Waals surface area (Å²) in [7, 11) is -4.13. The zero-order valence-electron chi connectivity index (χ0n) is 19.0. The maximum atomic E-state index is 13.0. The third-order valence-electron chi connectivity index (χ3n) is 5.08. The van der Waals surface area contributed by atoms with Crippen molar-refractivity contribution in [1.29, 1.82) is 5.26 Å². The quantitative estimate of drug-likeness (QED) is 0.0691. The molecule has 12 heteroatoms. The van der Waals surface area contributed by atoms with Crippen LogP contribution in [-0.2, 0) is 14.8 Å². The number of nitrogens with zero attached hydrogens (tertiary/aromatic N) is 3. The lowest BCUT2D eigenvalue weighted by molar-refractivity contribution is -0.151. The molecule has 11 nitrogen and oxygen atoms in total. The van der Waals surface area contributed by atoms with Gasteiger partial charge in [-0.15, -0.1) is 0 Å². The first-order chi connectivity index (χ1) is 16.8. The van der Waals surface area contributed by atoms with Gasteiger partial charge >= 0.3 is 0 Å². The smallest absolute Gasteiger partial charge is 0.271 e. The van der Waals surface area contributed by atoms with Crippen molar-refractivity contribution in [3.05, 3.63) is 54.6 Å². The SMILES string of the molecule is N#CNC(=NC1CC1)N(O)C(=O)[C@@H](CCCCN)NS(=O)(=O)c1ccc(Oc2ccccc2)cc1. The van der Waals surface area contributed by atoms with E-state index < -0.39 is 22.0 Å². The van der Waals surface area contributed by atoms with Gasteiger partial charge in [-0.25, -0.2) is 13.4 Å². The molecule has 0 bridgehead atoms. The Labute approximate surface area is 204 Å². The fourth-order valence-corrected chi connectivity index (χ4v) is 4.33. The van der Waals surface area contributed by atoms with Gasteiger partial charge in [-0.1, -0.05) is 24.6 Å². The number of aliphatic imine (C=N–C) groups is 1. The minimum absolute atomic E-state index is 0.0824. The highest BCUT2D eigenvalue weighted by atomic mass is 32.2. The van der Waals surface area contributed by atoms with Crippen LogP contribution in [-0.4, -0.2) is 49.2 Å². The maximum Gasteiger partial charge on any atom is 0.271 e. The molecule has 35 heavy (non-hydrogen) atoms. The Hall–Kier alpha value is -3.50. The van der Waals surface area contributed by atoms with Crippen molar-refractivity contribution in [2.75, 3.05) is 6.54 Å². The summed E-state index contributed by atoms with van der Waals surface area (Å²) < 4.78 is 34.1. The molecule has 186 valence electrons. The molecule has 1 fully saturated rings. The van der Waals surface area contributed by atoms with Gasteiger partial charge in [-0.3, -0.25) is 15.3 Å². The summed E-state index contributed by atoms with van der Waals surface area (Å²) in [6.45, 7) is 0.365. The molecule has 0 saturated heterocycles. The fourth-order valence-electron chi connectivity index (χ4n) is 3.11. The molecular formula is C23H28N6O5S. The maximum absolute atomic E-state index is 13.0. The number of guanidine groups is 1. The molecule has 1 aliphatic carbocycles. The van der Waals surface area contributed by atoms with E-state index in [-0.39, 0.29) is 28.4 Å². The van der Waals surface area contributed by atoms with Crippen LogP contribution in [0.4, 0.5) is 0 Å². The molecule has 2 aromatic rings. The van der Waals surface area contributed by atoms with E-state index >= 15 is 0 Å². The number of sulfonamides is 1. The van der Waals surface area contributed by atoms with Crippen LogP contribution >= 0.6 is 0 Å². The largest absolute Gasteiger partial charge is 0.457 e. The van der Waals surface area contributed by atoms with Crippen LogP contribution in [0.1, 0.15) is 32.1 Å². The first-order valence-corrected chi connectivity index (χ1v) is 12.6. The molecule has 1 aliphatic rings. The van der Waals surface area contributed by atoms with Gasteiger partial charge in [0.15, 0.2) is 6.19 Å². The van der Waals surface area contributed by atoms with Gasteiger partial charge in [0.2, 0.25) is 16.0 Å². The molecule has 1 saturated carbocycles. The molecule has 2 aromatic carbocycles. The standard InChI is InChI=1S/C23H28N6O5S/c24-15-5-4-8-21(22(30)29(31)23(26-16-25)27-17-9-10-17)28-35(32,33)20-13-11-19(12-14-20)34-18-6-2-1-3-7-18/h1-3,6-7,11-14,17,21,28,31H,4-5,8-10,15,24H2,(H,26,27)/t21-/m1/s1. The van der Waals surface area contributed by atoms with Gasteiger partial charge in [0.25, 0.3) is 5.91 Å². The van der Waals surface area contributed by atoms with Crippen LogP contribution in [0.2, 0.25) is 0 Å². The van der Waals surface area contributed by atoms with Gasteiger partial charge in [0.1, 0.15) is 17.5 Å². The van der Waals surface area contributed by atoms with E-state index in [1.54, 1.807) is 18.3 Å². The summed E-state index contributed by atoms with van der Waals surface area (Å²) in [5, 5.41) is 21.7. The molecule has 0 heterocycles. The van der Waals surface area contributed by atoms with Crippen molar-refractivity contribution in [2.24, 2.45) is 10.7 Å². The fraction of sp³-hybridized carbons (Fsp3) is 0.348. The van der Waals surface area contributed by atoms with E-state index in [1.807, 2.05) is 18.2 Å². The normalized spacial score (nSPS) is 14.6. The Morgan fingerprint density at radius 1 is 1.17 bits per heavy atom. The highest BCUT2D eigenvalue weighted by Gasteiger charge is 2.32. The number of benzene rings is 2. The van der Waals surface area contributed by atoms with E-state index in [9.17, 15) is 18.4 Å². The number of nitrogens with one attached hydrogen (secondary N) is 2. The predicted molar refractivity (Wildman–Crippen MR) is 128 cm³/mol. The summed E-state index contributed by atoms with van der Waals surface area (Å²) in [5.41, 5.74) is 5.53. The van der Waals surface area contributed by atoms with Gasteiger partial charge in [-0.2, -0.15) is 15.0 Å². The van der Waals surface area contributed by atoms with Gasteiger partial charge in [0.05, 0.1) is 10.9 Å². The van der Waals surface area contributed by atoms with Crippen LogP contribution in [0, 0.1) is 11.5 Å². The number of nitriles is 1. The van der Waals surface area contributed by atoms with Crippen LogP contribution in [0.3, 0.4) is 0 Å². The number of carbonyl (C=O) groups excluding carboxylic acids is 1. The number of hydrogen-bond donors (Lipinski definition) is 4. The minimum atomic E-state index is -4.13. The van der Waals surface area contributed by atoms with E-state index in [0.717, 1.165) is 12.8 Å². The summed E-state index contributed by atoms with van der Waals surface area (Å²) in [5.74, 6) is -0.262. The minimum Gasteiger partial charge on any atom is -0.457 e. The lowest BCUT2D eigenvalue weighted by atomic mass is 10.1. The molecule has 0 spiro atoms. The monoisotopic (exact) mass is 500 g/mol. The highest BCUT2D eigenvalue weighted by molar-refractivity contribution is 7.89. The van der Waals surface area contributed by atoms with Crippen molar-refractivity contribution < 1.29 is 23.2 Å². The average Bonchev–Trinajstić information content (AvgIpc) is 3.67. The number of para-hydroxylation sites is 1. The van der Waals surface area contributed by atoms with Crippen LogP contribution in [0.15, 0.2) is 64.5 Å². The zero-order valence-corrected chi connectivity index (χ0v) is 19.8. The second-order valence-electron chi connectivity index (χ2n) is 7.92. The Morgan fingerprint density at radius 3 is 2.43 bits per heavy atom. The molecule has 0 radical (unpaired) electrons. The molecule has 0 unspecified atom stereocenters. The first kappa shape index (κ1) is 26.1. The van der Waals surface area contributed by atoms with Crippen molar-refractivity contribution in [2.45, 2.75) is 49.1 Å². The number of ether oxygens (including phenoxy) is 1. The Kier molecular flexibility index (Phi) is 9.16. The third-order valence-corrected chi connectivity index (χ3v) is 6.57. The summed E-state index contributed by atoms with van der Waals surface area (Å²) in [6.07, 6.45) is 4.25. The number of unbranched alkanes of at least 4 members (excludes halogenated alkanes) is 1. The highest BCUT2D eigenvalue weighted by Crippen LogP contribution is 2.24. The topological polar surface area (TPSA) is 170 Å². The van der Waals surface area contributed by atoms with E-state index in [1.165, 1.54) is 24.3 Å². The van der Waals surface area contributed by atoms with Crippen molar-refractivity contribution in [1.82, 2.24) is 15.1 Å². The van der Waals surface area contributed by atoms with Crippen molar-refractivity contribution >= 4 is 21.9 Å². The van der Waals surface area contributed by atoms with Crippen molar-refractivity contribution in [3.63, 3.8) is 0 Å². The van der Waals surface area contributed by atoms with E-state index in [2.05, 4.69) is 15.0 Å². The van der Waals surface area contributed by atoms with E-state index in [4.69, 9.17) is 15.7 Å². The average molecular weight is 501 g/mol. The molecule has 5 N–H and O–H groups in total. The molecular weight excluding hydrogens is 472 g/mol. The third kappa shape index (κ3) is 7.76. The number of nitrogens with two attached hydrogens (primary N) is 1. The molecule has 0 aliphatic heterocycles. The lowest BCUT2D eigenvalue weighted by Crippen LogP contribution is -2.51. The number of hydroxylamine groups is 2. The van der Waals surface area contributed by atoms with Crippen LogP contribution < -0.4 is 20.5 Å². The number of rotatable bonds is 11. The number of hydrogen-bond acceptors (Lipinski definition) is 8. The first-order valence-electron chi connectivity index (χ1n) is 11.1. The predicted octanol–water partition coefficient (Wildman–Crippen LogP) is 2.06. The Morgan fingerprint density at radius 2 is 1.83 bits per heavy atom. The summed E-state index contributed by atoms with van der Waals surface area (Å²) >= 11 is 0.